The van der Waals surface area contributed by atoms with E-state index in [9.17, 15) is 9.00 Å². The van der Waals surface area contributed by atoms with Gasteiger partial charge in [0.05, 0.1) is 21.0 Å². The van der Waals surface area contributed by atoms with Gasteiger partial charge < -0.3 is 11.1 Å². The summed E-state index contributed by atoms with van der Waals surface area (Å²) in [6.07, 6.45) is 0.237. The number of nitrogens with zero attached hydrogens (tertiary/aromatic N) is 1. The fourth-order valence-electron chi connectivity index (χ4n) is 1.42. The Kier molecular flexibility index (Phi) is 3.93. The lowest BCUT2D eigenvalue weighted by molar-refractivity contribution is -0.120. The summed E-state index contributed by atoms with van der Waals surface area (Å²) >= 11 is 1.36. The molecule has 1 aromatic heterocycles. The zero-order valence-electron chi connectivity index (χ0n) is 9.80. The van der Waals surface area contributed by atoms with Crippen LogP contribution in [0.25, 0.3) is 10.2 Å². The first-order chi connectivity index (χ1) is 8.60. The molecule has 1 amide bonds. The van der Waals surface area contributed by atoms with Crippen LogP contribution >= 0.6 is 11.3 Å². The number of rotatable bonds is 4. The standard InChI is InChI=1S/C11H13N3O2S2/c1-13-10(15)4-5-18(16)11-14-8-3-2-7(12)6-9(8)17-11/h2-3,6H,4-5,12H2,1H3,(H,13,15). The lowest BCUT2D eigenvalue weighted by atomic mass is 10.3. The molecular weight excluding hydrogens is 270 g/mol. The number of benzene rings is 1. The molecule has 96 valence electrons. The van der Waals surface area contributed by atoms with Gasteiger partial charge in [-0.3, -0.25) is 9.00 Å². The lowest BCUT2D eigenvalue weighted by Crippen LogP contribution is -2.19. The molecule has 0 radical (unpaired) electrons. The molecule has 0 fully saturated rings. The molecule has 1 unspecified atom stereocenters. The fraction of sp³-hybridized carbons (Fsp3) is 0.273. The van der Waals surface area contributed by atoms with E-state index in [2.05, 4.69) is 10.3 Å². The number of nitrogen functional groups attached to an aromatic ring is 1. The number of anilines is 1. The van der Waals surface area contributed by atoms with E-state index < -0.39 is 10.8 Å². The van der Waals surface area contributed by atoms with Crippen LogP contribution in [0.5, 0.6) is 0 Å². The normalized spacial score (nSPS) is 12.5. The van der Waals surface area contributed by atoms with Gasteiger partial charge in [0.2, 0.25) is 5.91 Å². The van der Waals surface area contributed by atoms with Gasteiger partial charge in [0, 0.05) is 24.9 Å². The number of amides is 1. The van der Waals surface area contributed by atoms with Gasteiger partial charge in [0.1, 0.15) is 0 Å². The second-order valence-corrected chi connectivity index (χ2v) is 6.45. The third kappa shape index (κ3) is 2.85. The summed E-state index contributed by atoms with van der Waals surface area (Å²) in [7, 11) is 0.322. The number of fused-ring (bicyclic) bond motifs is 1. The molecule has 18 heavy (non-hydrogen) atoms. The van der Waals surface area contributed by atoms with Gasteiger partial charge in [-0.1, -0.05) is 0 Å². The topological polar surface area (TPSA) is 85.1 Å². The molecule has 0 spiro atoms. The second kappa shape index (κ2) is 5.45. The Balaban J connectivity index is 2.15. The third-order valence-corrected chi connectivity index (χ3v) is 5.06. The van der Waals surface area contributed by atoms with Crippen LogP contribution in [0.4, 0.5) is 5.69 Å². The number of hydrogen-bond acceptors (Lipinski definition) is 5. The molecule has 1 heterocycles. The minimum Gasteiger partial charge on any atom is -0.399 e. The molecule has 0 aliphatic heterocycles. The summed E-state index contributed by atoms with van der Waals surface area (Å²) in [6, 6.07) is 5.38. The fourth-order valence-corrected chi connectivity index (χ4v) is 3.80. The van der Waals surface area contributed by atoms with Gasteiger partial charge >= 0.3 is 0 Å². The van der Waals surface area contributed by atoms with Crippen LogP contribution in [0.3, 0.4) is 0 Å². The van der Waals surface area contributed by atoms with E-state index in [1.165, 1.54) is 11.3 Å². The van der Waals surface area contributed by atoms with E-state index >= 15 is 0 Å². The molecule has 3 N–H and O–H groups in total. The quantitative estimate of drug-likeness (QED) is 0.824. The van der Waals surface area contributed by atoms with Gasteiger partial charge in [-0.25, -0.2) is 4.98 Å². The summed E-state index contributed by atoms with van der Waals surface area (Å²) in [5.74, 6) is 0.170. The minimum atomic E-state index is -1.24. The van der Waals surface area contributed by atoms with Crippen molar-refractivity contribution < 1.29 is 9.00 Å². The van der Waals surface area contributed by atoms with Crippen molar-refractivity contribution in [1.29, 1.82) is 0 Å². The van der Waals surface area contributed by atoms with Gasteiger partial charge in [0.15, 0.2) is 4.34 Å². The Morgan fingerprint density at radius 1 is 1.56 bits per heavy atom. The molecule has 0 aliphatic carbocycles. The lowest BCUT2D eigenvalue weighted by Gasteiger charge is -1.97. The highest BCUT2D eigenvalue weighted by molar-refractivity contribution is 7.87. The van der Waals surface area contributed by atoms with Crippen LogP contribution in [0.1, 0.15) is 6.42 Å². The number of carbonyl (C=O) groups excluding carboxylic acids is 1. The summed E-state index contributed by atoms with van der Waals surface area (Å²) in [5, 5.41) is 2.50. The van der Waals surface area contributed by atoms with E-state index in [0.29, 0.717) is 10.0 Å². The molecule has 1 atom stereocenters. The molecule has 2 aromatic rings. The smallest absolute Gasteiger partial charge is 0.220 e. The molecule has 2 rings (SSSR count). The van der Waals surface area contributed by atoms with E-state index in [4.69, 9.17) is 5.73 Å². The average Bonchev–Trinajstić information content (AvgIpc) is 2.78. The number of nitrogens with one attached hydrogen (secondary N) is 1. The zero-order chi connectivity index (χ0) is 13.1. The molecular formula is C11H13N3O2S2. The molecule has 0 aliphatic rings. The number of thiazole rings is 1. The van der Waals surface area contributed by atoms with E-state index in [-0.39, 0.29) is 18.1 Å². The summed E-state index contributed by atoms with van der Waals surface area (Å²) in [6.45, 7) is 0. The molecule has 0 bridgehead atoms. The number of carbonyl (C=O) groups is 1. The van der Waals surface area contributed by atoms with E-state index in [1.807, 2.05) is 6.07 Å². The molecule has 0 saturated heterocycles. The van der Waals surface area contributed by atoms with Crippen molar-refractivity contribution in [3.63, 3.8) is 0 Å². The van der Waals surface area contributed by atoms with Crippen molar-refractivity contribution in [2.75, 3.05) is 18.5 Å². The summed E-state index contributed by atoms with van der Waals surface area (Å²) in [4.78, 5) is 15.4. The predicted molar refractivity (Wildman–Crippen MR) is 74.0 cm³/mol. The number of hydrogen-bond donors (Lipinski definition) is 2. The number of aromatic nitrogens is 1. The highest BCUT2D eigenvalue weighted by Crippen LogP contribution is 2.26. The maximum atomic E-state index is 12.0. The minimum absolute atomic E-state index is 0.117. The average molecular weight is 283 g/mol. The van der Waals surface area contributed by atoms with Gasteiger partial charge in [-0.2, -0.15) is 0 Å². The first kappa shape index (κ1) is 13.0. The van der Waals surface area contributed by atoms with Gasteiger partial charge in [-0.05, 0) is 18.2 Å². The molecule has 1 aromatic carbocycles. The zero-order valence-corrected chi connectivity index (χ0v) is 11.4. The Labute approximate surface area is 111 Å². The SMILES string of the molecule is CNC(=O)CCS(=O)c1nc2ccc(N)cc2s1. The summed E-state index contributed by atoms with van der Waals surface area (Å²) in [5.41, 5.74) is 7.13. The molecule has 0 saturated carbocycles. The maximum Gasteiger partial charge on any atom is 0.220 e. The Hall–Kier alpha value is -1.47. The summed E-state index contributed by atoms with van der Waals surface area (Å²) < 4.78 is 13.4. The van der Waals surface area contributed by atoms with Gasteiger partial charge in [-0.15, -0.1) is 11.3 Å². The number of nitrogens with two attached hydrogens (primary N) is 1. The maximum absolute atomic E-state index is 12.0. The van der Waals surface area contributed by atoms with E-state index in [0.717, 1.165) is 10.2 Å². The Bertz CT molecular complexity index is 609. The molecule has 5 nitrogen and oxygen atoms in total. The highest BCUT2D eigenvalue weighted by Gasteiger charge is 2.12. The van der Waals surface area contributed by atoms with Crippen molar-refractivity contribution in [3.05, 3.63) is 18.2 Å². The van der Waals surface area contributed by atoms with Crippen molar-refractivity contribution >= 4 is 43.9 Å². The first-order valence-corrected chi connectivity index (χ1v) is 7.48. The first-order valence-electron chi connectivity index (χ1n) is 5.35. The van der Waals surface area contributed by atoms with Crippen LogP contribution in [0.15, 0.2) is 22.5 Å². The van der Waals surface area contributed by atoms with Crippen LogP contribution in [-0.4, -0.2) is 27.9 Å². The Morgan fingerprint density at radius 3 is 3.06 bits per heavy atom. The highest BCUT2D eigenvalue weighted by atomic mass is 32.2. The van der Waals surface area contributed by atoms with E-state index in [1.54, 1.807) is 19.2 Å². The van der Waals surface area contributed by atoms with Crippen molar-refractivity contribution in [2.24, 2.45) is 0 Å². The van der Waals surface area contributed by atoms with Crippen molar-refractivity contribution in [2.45, 2.75) is 10.8 Å². The van der Waals surface area contributed by atoms with Crippen molar-refractivity contribution in [3.8, 4) is 0 Å². The Morgan fingerprint density at radius 2 is 2.33 bits per heavy atom. The predicted octanol–water partition coefficient (Wildman–Crippen LogP) is 1.12. The third-order valence-electron chi connectivity index (χ3n) is 2.38. The van der Waals surface area contributed by atoms with Crippen LogP contribution in [0, 0.1) is 0 Å². The monoisotopic (exact) mass is 283 g/mol. The second-order valence-electron chi connectivity index (χ2n) is 3.68. The largest absolute Gasteiger partial charge is 0.399 e. The molecule has 7 heteroatoms. The van der Waals surface area contributed by atoms with Crippen molar-refractivity contribution in [1.82, 2.24) is 10.3 Å². The van der Waals surface area contributed by atoms with Crippen LogP contribution < -0.4 is 11.1 Å². The van der Waals surface area contributed by atoms with Gasteiger partial charge in [0.25, 0.3) is 0 Å². The van der Waals surface area contributed by atoms with Crippen LogP contribution in [-0.2, 0) is 15.6 Å². The van der Waals surface area contributed by atoms with Crippen LogP contribution in [0.2, 0.25) is 0 Å².